The lowest BCUT2D eigenvalue weighted by Crippen LogP contribution is -2.26. The van der Waals surface area contributed by atoms with Gasteiger partial charge in [-0.05, 0) is 62.4 Å². The zero-order valence-corrected chi connectivity index (χ0v) is 17.8. The molecule has 6 heteroatoms. The Kier molecular flexibility index (Phi) is 5.63. The van der Waals surface area contributed by atoms with Gasteiger partial charge in [-0.3, -0.25) is 4.79 Å². The third kappa shape index (κ3) is 3.98. The molecule has 0 atom stereocenters. The first-order valence-corrected chi connectivity index (χ1v) is 10.3. The monoisotopic (exact) mass is 421 g/mol. The third-order valence-corrected chi connectivity index (χ3v) is 5.81. The lowest BCUT2D eigenvalue weighted by molar-refractivity contribution is -0.121. The number of fused-ring (bicyclic) bond motifs is 2. The predicted octanol–water partition coefficient (Wildman–Crippen LogP) is 4.90. The number of amides is 1. The van der Waals surface area contributed by atoms with Crippen LogP contribution in [0.4, 0.5) is 4.39 Å². The topological polar surface area (TPSA) is 72.5 Å². The summed E-state index contributed by atoms with van der Waals surface area (Å²) in [4.78, 5) is 24.9. The number of hydrogen-bond acceptors (Lipinski definition) is 4. The Morgan fingerprint density at radius 2 is 1.81 bits per heavy atom. The summed E-state index contributed by atoms with van der Waals surface area (Å²) < 4.78 is 24.9. The highest BCUT2D eigenvalue weighted by Gasteiger charge is 2.18. The number of rotatable bonds is 6. The molecule has 1 amide bonds. The van der Waals surface area contributed by atoms with Gasteiger partial charge in [0, 0.05) is 34.9 Å². The van der Waals surface area contributed by atoms with Gasteiger partial charge in [0.05, 0.1) is 6.26 Å². The van der Waals surface area contributed by atoms with E-state index in [4.69, 9.17) is 8.83 Å². The molecular formula is C25H24FNO4. The van der Waals surface area contributed by atoms with Gasteiger partial charge in [-0.25, -0.2) is 9.18 Å². The maximum absolute atomic E-state index is 13.7. The summed E-state index contributed by atoms with van der Waals surface area (Å²) in [5.74, 6) is -0.467. The fraction of sp³-hybridized carbons (Fsp3) is 0.280. The van der Waals surface area contributed by atoms with Crippen LogP contribution in [-0.2, 0) is 17.6 Å². The van der Waals surface area contributed by atoms with E-state index in [0.717, 1.165) is 33.0 Å². The zero-order valence-electron chi connectivity index (χ0n) is 17.8. The maximum Gasteiger partial charge on any atom is 0.339 e. The van der Waals surface area contributed by atoms with E-state index in [1.807, 2.05) is 26.8 Å². The second-order valence-electron chi connectivity index (χ2n) is 7.86. The minimum absolute atomic E-state index is 0.153. The van der Waals surface area contributed by atoms with Crippen LogP contribution in [0.15, 0.2) is 50.2 Å². The molecule has 0 unspecified atom stereocenters. The van der Waals surface area contributed by atoms with Crippen LogP contribution in [0.1, 0.15) is 34.2 Å². The summed E-state index contributed by atoms with van der Waals surface area (Å²) in [7, 11) is 0. The van der Waals surface area contributed by atoms with Gasteiger partial charge in [-0.1, -0.05) is 18.2 Å². The first kappa shape index (κ1) is 20.8. The molecule has 2 aromatic heterocycles. The Labute approximate surface area is 178 Å². The average Bonchev–Trinajstić information content (AvgIpc) is 3.11. The number of aryl methyl sites for hydroxylation is 3. The average molecular weight is 421 g/mol. The highest BCUT2D eigenvalue weighted by Crippen LogP contribution is 2.32. The van der Waals surface area contributed by atoms with Crippen LogP contribution in [0.5, 0.6) is 0 Å². The Balaban J connectivity index is 1.50. The molecule has 4 aromatic rings. The summed E-state index contributed by atoms with van der Waals surface area (Å²) in [5.41, 5.74) is 4.48. The van der Waals surface area contributed by atoms with Crippen molar-refractivity contribution >= 4 is 27.8 Å². The van der Waals surface area contributed by atoms with Crippen molar-refractivity contribution in [2.75, 3.05) is 6.54 Å². The van der Waals surface area contributed by atoms with Crippen LogP contribution in [0.2, 0.25) is 0 Å². The number of hydrogen-bond donors (Lipinski definition) is 1. The highest BCUT2D eigenvalue weighted by molar-refractivity contribution is 5.99. The van der Waals surface area contributed by atoms with Crippen molar-refractivity contribution in [1.82, 2.24) is 5.32 Å². The molecule has 0 saturated heterocycles. The van der Waals surface area contributed by atoms with Gasteiger partial charge in [0.2, 0.25) is 5.91 Å². The van der Waals surface area contributed by atoms with Gasteiger partial charge < -0.3 is 14.2 Å². The number of nitrogens with one attached hydrogen (secondary N) is 1. The SMILES string of the molecule is Cc1coc2c(C)c3oc(=O)c(CCC(=O)NCCc4ccccc4F)c(C)c3cc12. The molecule has 2 aromatic carbocycles. The third-order valence-electron chi connectivity index (χ3n) is 5.81. The van der Waals surface area contributed by atoms with E-state index in [1.54, 1.807) is 24.5 Å². The van der Waals surface area contributed by atoms with Crippen molar-refractivity contribution in [2.24, 2.45) is 0 Å². The molecular weight excluding hydrogens is 397 g/mol. The normalized spacial score (nSPS) is 11.4. The summed E-state index contributed by atoms with van der Waals surface area (Å²) >= 11 is 0. The minimum Gasteiger partial charge on any atom is -0.464 e. The fourth-order valence-corrected chi connectivity index (χ4v) is 3.97. The molecule has 0 spiro atoms. The summed E-state index contributed by atoms with van der Waals surface area (Å²) in [6, 6.07) is 8.48. The summed E-state index contributed by atoms with van der Waals surface area (Å²) in [5, 5.41) is 4.63. The zero-order chi connectivity index (χ0) is 22.1. The highest BCUT2D eigenvalue weighted by atomic mass is 19.1. The number of benzene rings is 2. The molecule has 0 bridgehead atoms. The fourth-order valence-electron chi connectivity index (χ4n) is 3.97. The maximum atomic E-state index is 13.7. The quantitative estimate of drug-likeness (QED) is 0.450. The Morgan fingerprint density at radius 3 is 2.58 bits per heavy atom. The van der Waals surface area contributed by atoms with E-state index < -0.39 is 5.63 Å². The van der Waals surface area contributed by atoms with Gasteiger partial charge in [-0.15, -0.1) is 0 Å². The molecule has 0 aliphatic rings. The lowest BCUT2D eigenvalue weighted by atomic mass is 9.98. The Hall–Kier alpha value is -3.41. The standard InChI is InChI=1S/C25H24FNO4/c1-14-13-30-23-16(3)24-20(12-19(14)23)15(2)18(25(29)31-24)8-9-22(28)27-11-10-17-6-4-5-7-21(17)26/h4-7,12-13H,8-11H2,1-3H3,(H,27,28). The van der Waals surface area contributed by atoms with Gasteiger partial charge in [0.1, 0.15) is 17.0 Å². The molecule has 0 fully saturated rings. The number of halogens is 1. The van der Waals surface area contributed by atoms with Crippen molar-refractivity contribution in [3.05, 3.63) is 80.6 Å². The first-order chi connectivity index (χ1) is 14.9. The van der Waals surface area contributed by atoms with Crippen LogP contribution in [0.25, 0.3) is 21.9 Å². The molecule has 160 valence electrons. The van der Waals surface area contributed by atoms with E-state index in [0.29, 0.717) is 29.7 Å². The van der Waals surface area contributed by atoms with E-state index in [1.165, 1.54) is 6.07 Å². The van der Waals surface area contributed by atoms with Crippen LogP contribution in [0.3, 0.4) is 0 Å². The lowest BCUT2D eigenvalue weighted by Gasteiger charge is -2.10. The van der Waals surface area contributed by atoms with E-state index in [2.05, 4.69) is 5.32 Å². The van der Waals surface area contributed by atoms with E-state index in [-0.39, 0.29) is 24.6 Å². The van der Waals surface area contributed by atoms with Gasteiger partial charge in [0.25, 0.3) is 0 Å². The van der Waals surface area contributed by atoms with Crippen LogP contribution >= 0.6 is 0 Å². The van der Waals surface area contributed by atoms with E-state index in [9.17, 15) is 14.0 Å². The van der Waals surface area contributed by atoms with Gasteiger partial charge >= 0.3 is 5.63 Å². The molecule has 4 rings (SSSR count). The summed E-state index contributed by atoms with van der Waals surface area (Å²) in [6.07, 6.45) is 2.53. The van der Waals surface area contributed by atoms with Gasteiger partial charge in [0.15, 0.2) is 0 Å². The van der Waals surface area contributed by atoms with Crippen LogP contribution in [0, 0.1) is 26.6 Å². The molecule has 1 N–H and O–H groups in total. The van der Waals surface area contributed by atoms with Crippen molar-refractivity contribution in [3.63, 3.8) is 0 Å². The number of furan rings is 1. The molecule has 0 aliphatic heterocycles. The minimum atomic E-state index is -0.435. The largest absolute Gasteiger partial charge is 0.464 e. The summed E-state index contributed by atoms with van der Waals surface area (Å²) in [6.45, 7) is 6.06. The molecule has 31 heavy (non-hydrogen) atoms. The second kappa shape index (κ2) is 8.38. The smallest absolute Gasteiger partial charge is 0.339 e. The molecule has 2 heterocycles. The van der Waals surface area contributed by atoms with Gasteiger partial charge in [-0.2, -0.15) is 0 Å². The molecule has 0 radical (unpaired) electrons. The van der Waals surface area contributed by atoms with Crippen molar-refractivity contribution in [3.8, 4) is 0 Å². The van der Waals surface area contributed by atoms with E-state index >= 15 is 0 Å². The van der Waals surface area contributed by atoms with Crippen LogP contribution in [-0.4, -0.2) is 12.5 Å². The number of carbonyl (C=O) groups excluding carboxylic acids is 1. The van der Waals surface area contributed by atoms with Crippen LogP contribution < -0.4 is 10.9 Å². The second-order valence-corrected chi connectivity index (χ2v) is 7.86. The number of carbonyl (C=O) groups is 1. The Bertz CT molecular complexity index is 1350. The molecule has 0 aliphatic carbocycles. The molecule has 0 saturated carbocycles. The molecule has 5 nitrogen and oxygen atoms in total. The van der Waals surface area contributed by atoms with Crippen molar-refractivity contribution in [1.29, 1.82) is 0 Å². The van der Waals surface area contributed by atoms with Crippen molar-refractivity contribution < 1.29 is 18.0 Å². The van der Waals surface area contributed by atoms with Crippen molar-refractivity contribution in [2.45, 2.75) is 40.0 Å². The Morgan fingerprint density at radius 1 is 1.03 bits per heavy atom. The first-order valence-electron chi connectivity index (χ1n) is 10.3. The predicted molar refractivity (Wildman–Crippen MR) is 118 cm³/mol.